The fraction of sp³-hybridized carbons (Fsp3) is 0.500. The quantitative estimate of drug-likeness (QED) is 0.555. The van der Waals surface area contributed by atoms with Crippen LogP contribution in [0.1, 0.15) is 63.5 Å². The van der Waals surface area contributed by atoms with Gasteiger partial charge in [0.15, 0.2) is 6.04 Å². The topological polar surface area (TPSA) is 115 Å². The van der Waals surface area contributed by atoms with Crippen molar-refractivity contribution >= 4 is 29.2 Å². The van der Waals surface area contributed by atoms with E-state index in [-0.39, 0.29) is 17.3 Å². The molecule has 0 aliphatic heterocycles. The lowest BCUT2D eigenvalue weighted by molar-refractivity contribution is -0.154. The van der Waals surface area contributed by atoms with Gasteiger partial charge in [0, 0.05) is 17.4 Å². The number of aliphatic hydroxyl groups excluding tert-OH is 1. The number of aliphatic hydroxyl groups is 1. The molecule has 0 aliphatic carbocycles. The number of methoxy groups -OCH3 is 1. The number of carbonyl (C=O) groups excluding carboxylic acids is 3. The molecule has 1 heterocycles. The molecule has 1 aromatic carbocycles. The van der Waals surface area contributed by atoms with E-state index >= 15 is 0 Å². The number of rotatable bonds is 8. The van der Waals surface area contributed by atoms with Gasteiger partial charge in [-0.05, 0) is 39.2 Å². The van der Waals surface area contributed by atoms with Crippen molar-refractivity contribution in [1.29, 1.82) is 0 Å². The zero-order valence-corrected chi connectivity index (χ0v) is 21.0. The summed E-state index contributed by atoms with van der Waals surface area (Å²) >= 11 is 1.34. The number of ether oxygens (including phenoxy) is 2. The zero-order chi connectivity index (χ0) is 25.0. The third-order valence-electron chi connectivity index (χ3n) is 4.19. The number of nitrogens with one attached hydrogen (secondary N) is 1. The summed E-state index contributed by atoms with van der Waals surface area (Å²) in [6.07, 6.45) is 2.34. The Morgan fingerprint density at radius 3 is 2.27 bits per heavy atom. The highest BCUT2D eigenvalue weighted by molar-refractivity contribution is 7.13. The summed E-state index contributed by atoms with van der Waals surface area (Å²) in [6, 6.07) is 6.88. The van der Waals surface area contributed by atoms with Crippen molar-refractivity contribution in [3.05, 3.63) is 40.9 Å². The van der Waals surface area contributed by atoms with Crippen molar-refractivity contribution in [1.82, 2.24) is 10.3 Å². The van der Waals surface area contributed by atoms with Crippen LogP contribution in [0.15, 0.2) is 29.6 Å². The number of thiazole rings is 1. The Morgan fingerprint density at radius 1 is 1.15 bits per heavy atom. The fourth-order valence-corrected chi connectivity index (χ4v) is 3.35. The fourth-order valence-electron chi connectivity index (χ4n) is 2.54. The Kier molecular flexibility index (Phi) is 11.7. The molecule has 1 unspecified atom stereocenters. The maximum absolute atomic E-state index is 12.1. The summed E-state index contributed by atoms with van der Waals surface area (Å²) in [5, 5.41) is 13.9. The van der Waals surface area contributed by atoms with E-state index in [0.29, 0.717) is 6.42 Å². The summed E-state index contributed by atoms with van der Waals surface area (Å²) in [7, 11) is 1.19. The normalized spacial score (nSPS) is 11.6. The van der Waals surface area contributed by atoms with Gasteiger partial charge in [0.05, 0.1) is 13.7 Å². The third-order valence-corrected chi connectivity index (χ3v) is 5.09. The molecule has 0 aliphatic rings. The van der Waals surface area contributed by atoms with Crippen LogP contribution in [-0.4, -0.2) is 53.3 Å². The molecule has 1 amide bonds. The third kappa shape index (κ3) is 10.1. The maximum Gasteiger partial charge on any atom is 0.330 e. The lowest BCUT2D eigenvalue weighted by atomic mass is 10.1. The largest absolute Gasteiger partial charge is 0.467 e. The smallest absolute Gasteiger partial charge is 0.330 e. The number of aryl methyl sites for hydroxylation is 1. The average Bonchev–Trinajstić information content (AvgIpc) is 3.26. The summed E-state index contributed by atoms with van der Waals surface area (Å²) < 4.78 is 9.54. The number of hydrogen-bond donors (Lipinski definition) is 2. The van der Waals surface area contributed by atoms with Crippen LogP contribution in [-0.2, 0) is 25.5 Å². The first-order chi connectivity index (χ1) is 15.5. The number of nitrogens with zero attached hydrogens (tertiary/aromatic N) is 1. The zero-order valence-electron chi connectivity index (χ0n) is 20.1. The van der Waals surface area contributed by atoms with Crippen LogP contribution in [0.25, 0.3) is 10.6 Å². The van der Waals surface area contributed by atoms with Crippen LogP contribution in [0, 0.1) is 0 Å². The number of carbonyl (C=O) groups is 3. The van der Waals surface area contributed by atoms with Crippen LogP contribution >= 0.6 is 11.3 Å². The minimum Gasteiger partial charge on any atom is -0.467 e. The first-order valence-electron chi connectivity index (χ1n) is 10.8. The van der Waals surface area contributed by atoms with Crippen molar-refractivity contribution in [3.8, 4) is 10.6 Å². The molecule has 8 nitrogen and oxygen atoms in total. The summed E-state index contributed by atoms with van der Waals surface area (Å²) in [5.74, 6) is -1.33. The Labute approximate surface area is 199 Å². The minimum absolute atomic E-state index is 0.102. The number of aromatic nitrogens is 1. The number of esters is 2. The molecular weight excluding hydrogens is 444 g/mol. The average molecular weight is 479 g/mol. The number of hydrogen-bond acceptors (Lipinski definition) is 8. The van der Waals surface area contributed by atoms with Crippen molar-refractivity contribution in [3.63, 3.8) is 0 Å². The van der Waals surface area contributed by atoms with Crippen LogP contribution in [0.3, 0.4) is 0 Å². The lowest BCUT2D eigenvalue weighted by Gasteiger charge is -2.18. The first kappa shape index (κ1) is 28.3. The van der Waals surface area contributed by atoms with Crippen molar-refractivity contribution in [2.24, 2.45) is 0 Å². The Balaban J connectivity index is 0.000000461. The van der Waals surface area contributed by atoms with E-state index < -0.39 is 24.5 Å². The second kappa shape index (κ2) is 13.7. The highest BCUT2D eigenvalue weighted by Crippen LogP contribution is 2.24. The van der Waals surface area contributed by atoms with Crippen molar-refractivity contribution in [2.75, 3.05) is 13.7 Å². The molecule has 0 saturated carbocycles. The van der Waals surface area contributed by atoms with Gasteiger partial charge in [0.2, 0.25) is 0 Å². The maximum atomic E-state index is 12.1. The summed E-state index contributed by atoms with van der Waals surface area (Å²) in [4.78, 5) is 38.6. The van der Waals surface area contributed by atoms with Gasteiger partial charge >= 0.3 is 11.9 Å². The first-order valence-corrected chi connectivity index (χ1v) is 11.7. The molecule has 0 saturated heterocycles. The second-order valence-electron chi connectivity index (χ2n) is 8.16. The summed E-state index contributed by atoms with van der Waals surface area (Å²) in [5.41, 5.74) is 2.03. The van der Waals surface area contributed by atoms with Gasteiger partial charge < -0.3 is 19.9 Å². The van der Waals surface area contributed by atoms with Crippen LogP contribution in [0.2, 0.25) is 0 Å². The van der Waals surface area contributed by atoms with E-state index in [1.807, 2.05) is 52.0 Å². The monoisotopic (exact) mass is 478 g/mol. The Morgan fingerprint density at radius 2 is 1.79 bits per heavy atom. The molecule has 2 rings (SSSR count). The molecule has 9 heteroatoms. The molecule has 1 aromatic heterocycles. The van der Waals surface area contributed by atoms with E-state index in [1.54, 1.807) is 5.38 Å². The van der Waals surface area contributed by atoms with Gasteiger partial charge in [0.1, 0.15) is 16.3 Å². The van der Waals surface area contributed by atoms with Crippen molar-refractivity contribution < 1.29 is 29.0 Å². The molecular formula is C24H34N2O6S. The number of benzene rings is 1. The number of amides is 1. The molecule has 0 spiro atoms. The van der Waals surface area contributed by atoms with Crippen LogP contribution in [0.5, 0.6) is 0 Å². The minimum atomic E-state index is -1.10. The molecule has 0 fully saturated rings. The standard InChI is InChI=1S/C16H18N2O4S.C8H16O2/c1-3-10-4-6-11(7-5-10)15-18-13(9-23-15)14(20)17-12(8-19)16(21)22-2;1-5-6-7(9)10-8(2,3)4/h4-7,9,12,19H,3,8H2,1-2H3,(H,17,20);5-6H2,1-4H3. The van der Waals surface area contributed by atoms with Gasteiger partial charge in [-0.1, -0.05) is 38.1 Å². The molecule has 33 heavy (non-hydrogen) atoms. The van der Waals surface area contributed by atoms with Gasteiger partial charge in [-0.2, -0.15) is 0 Å². The lowest BCUT2D eigenvalue weighted by Crippen LogP contribution is -2.44. The second-order valence-corrected chi connectivity index (χ2v) is 9.01. The van der Waals surface area contributed by atoms with E-state index in [4.69, 9.17) is 9.84 Å². The molecule has 0 radical (unpaired) electrons. The summed E-state index contributed by atoms with van der Waals surface area (Å²) in [6.45, 7) is 9.14. The Bertz CT molecular complexity index is 902. The van der Waals surface area contributed by atoms with Gasteiger partial charge in [-0.15, -0.1) is 11.3 Å². The molecule has 0 bridgehead atoms. The van der Waals surface area contributed by atoms with E-state index in [2.05, 4.69) is 22.0 Å². The van der Waals surface area contributed by atoms with Gasteiger partial charge in [-0.25, -0.2) is 9.78 Å². The predicted molar refractivity (Wildman–Crippen MR) is 128 cm³/mol. The van der Waals surface area contributed by atoms with E-state index in [0.717, 1.165) is 23.4 Å². The van der Waals surface area contributed by atoms with E-state index in [9.17, 15) is 14.4 Å². The van der Waals surface area contributed by atoms with Crippen LogP contribution in [0.4, 0.5) is 0 Å². The Hall–Kier alpha value is -2.78. The van der Waals surface area contributed by atoms with Crippen LogP contribution < -0.4 is 5.32 Å². The predicted octanol–water partition coefficient (Wildman–Crippen LogP) is 3.76. The highest BCUT2D eigenvalue weighted by atomic mass is 32.1. The molecule has 1 atom stereocenters. The highest BCUT2D eigenvalue weighted by Gasteiger charge is 2.22. The van der Waals surface area contributed by atoms with Crippen molar-refractivity contribution in [2.45, 2.75) is 65.5 Å². The van der Waals surface area contributed by atoms with Gasteiger partial charge in [0.25, 0.3) is 5.91 Å². The molecule has 2 aromatic rings. The molecule has 2 N–H and O–H groups in total. The van der Waals surface area contributed by atoms with Gasteiger partial charge in [-0.3, -0.25) is 9.59 Å². The van der Waals surface area contributed by atoms with E-state index in [1.165, 1.54) is 24.0 Å². The molecule has 182 valence electrons. The SMILES string of the molecule is CCCC(=O)OC(C)(C)C.CCc1ccc(-c2nc(C(=O)NC(CO)C(=O)OC)cs2)cc1.